The molecule has 1 aromatic carbocycles. The second-order valence-corrected chi connectivity index (χ2v) is 8.11. The van der Waals surface area contributed by atoms with Crippen LogP contribution in [0.15, 0.2) is 35.3 Å². The summed E-state index contributed by atoms with van der Waals surface area (Å²) >= 11 is 0. The largest absolute Gasteiger partial charge is 0.368 e. The molecule has 3 heterocycles. The smallest absolute Gasteiger partial charge is 0.263 e. The van der Waals surface area contributed by atoms with Gasteiger partial charge in [-0.15, -0.1) is 0 Å². The van der Waals surface area contributed by atoms with Gasteiger partial charge in [-0.2, -0.15) is 10.1 Å². The molecule has 142 valence electrons. The van der Waals surface area contributed by atoms with Crippen LogP contribution in [0.2, 0.25) is 0 Å². The highest BCUT2D eigenvalue weighted by Gasteiger charge is 2.23. The number of benzene rings is 1. The number of aromatic amines is 1. The molecule has 27 heavy (non-hydrogen) atoms. The number of anilines is 2. The van der Waals surface area contributed by atoms with Crippen LogP contribution in [-0.2, 0) is 5.54 Å². The summed E-state index contributed by atoms with van der Waals surface area (Å²) in [6.45, 7) is 11.7. The lowest BCUT2D eigenvalue weighted by Gasteiger charge is -2.37. The molecule has 1 fully saturated rings. The van der Waals surface area contributed by atoms with Crippen LogP contribution < -0.4 is 15.4 Å². The highest BCUT2D eigenvalue weighted by Crippen LogP contribution is 2.23. The predicted octanol–water partition coefficient (Wildman–Crippen LogP) is 2.51. The number of piperazine rings is 1. The van der Waals surface area contributed by atoms with Crippen LogP contribution >= 0.6 is 0 Å². The van der Waals surface area contributed by atoms with Gasteiger partial charge in [-0.05, 0) is 39.3 Å². The van der Waals surface area contributed by atoms with Gasteiger partial charge >= 0.3 is 0 Å². The maximum atomic E-state index is 12.5. The Morgan fingerprint density at radius 1 is 1.04 bits per heavy atom. The standard InChI is InChI=1S/C20H26N6O/c1-14-7-5-6-8-16(14)24-9-11-25(12-10-24)19-22-17-15(18(27)23-19)13-21-26(17)20(2,3)4/h5-8,13H,9-12H2,1-4H3,(H,22,23,27). The van der Waals surface area contributed by atoms with Crippen molar-refractivity contribution in [1.29, 1.82) is 0 Å². The molecule has 0 atom stereocenters. The Morgan fingerprint density at radius 3 is 2.37 bits per heavy atom. The summed E-state index contributed by atoms with van der Waals surface area (Å²) in [7, 11) is 0. The Morgan fingerprint density at radius 2 is 1.70 bits per heavy atom. The Hall–Kier alpha value is -2.83. The van der Waals surface area contributed by atoms with E-state index < -0.39 is 0 Å². The van der Waals surface area contributed by atoms with E-state index in [1.54, 1.807) is 6.20 Å². The van der Waals surface area contributed by atoms with Crippen molar-refractivity contribution >= 4 is 22.7 Å². The number of H-pyrrole nitrogens is 1. The van der Waals surface area contributed by atoms with E-state index in [1.807, 2.05) is 4.68 Å². The fourth-order valence-corrected chi connectivity index (χ4v) is 3.62. The van der Waals surface area contributed by atoms with Gasteiger partial charge in [0.25, 0.3) is 5.56 Å². The molecule has 1 aliphatic rings. The van der Waals surface area contributed by atoms with Crippen LogP contribution in [-0.4, -0.2) is 45.9 Å². The van der Waals surface area contributed by atoms with Gasteiger partial charge in [0.15, 0.2) is 5.65 Å². The van der Waals surface area contributed by atoms with Crippen molar-refractivity contribution in [2.75, 3.05) is 36.0 Å². The van der Waals surface area contributed by atoms with Crippen molar-refractivity contribution in [2.24, 2.45) is 0 Å². The minimum absolute atomic E-state index is 0.133. The SMILES string of the molecule is Cc1ccccc1N1CCN(c2nc3c(cnn3C(C)(C)C)c(=O)[nH]2)CC1. The van der Waals surface area contributed by atoms with Crippen molar-refractivity contribution in [3.8, 4) is 0 Å². The van der Waals surface area contributed by atoms with E-state index in [2.05, 4.69) is 71.8 Å². The van der Waals surface area contributed by atoms with Gasteiger partial charge in [-0.3, -0.25) is 9.78 Å². The fraction of sp³-hybridized carbons (Fsp3) is 0.450. The fourth-order valence-electron chi connectivity index (χ4n) is 3.62. The van der Waals surface area contributed by atoms with Crippen molar-refractivity contribution in [3.63, 3.8) is 0 Å². The third-order valence-corrected chi connectivity index (χ3v) is 5.10. The van der Waals surface area contributed by atoms with Crippen molar-refractivity contribution < 1.29 is 0 Å². The number of rotatable bonds is 2. The summed E-state index contributed by atoms with van der Waals surface area (Å²) in [5.74, 6) is 0.628. The maximum absolute atomic E-state index is 12.5. The molecule has 1 saturated heterocycles. The number of hydrogen-bond donors (Lipinski definition) is 1. The molecule has 1 aliphatic heterocycles. The molecule has 2 aromatic heterocycles. The van der Waals surface area contributed by atoms with Gasteiger partial charge in [0.05, 0.1) is 11.7 Å². The van der Waals surface area contributed by atoms with Crippen LogP contribution in [0.25, 0.3) is 11.0 Å². The molecule has 0 amide bonds. The Balaban J connectivity index is 1.61. The number of nitrogens with one attached hydrogen (secondary N) is 1. The Bertz CT molecular complexity index is 1020. The van der Waals surface area contributed by atoms with Crippen molar-refractivity contribution in [1.82, 2.24) is 19.7 Å². The molecule has 0 bridgehead atoms. The highest BCUT2D eigenvalue weighted by atomic mass is 16.1. The first-order chi connectivity index (χ1) is 12.8. The van der Waals surface area contributed by atoms with Crippen LogP contribution in [0.1, 0.15) is 26.3 Å². The molecule has 4 rings (SSSR count). The summed E-state index contributed by atoms with van der Waals surface area (Å²) in [6.07, 6.45) is 1.60. The normalized spacial score (nSPS) is 15.6. The Kier molecular flexibility index (Phi) is 4.17. The van der Waals surface area contributed by atoms with Crippen LogP contribution in [0.3, 0.4) is 0 Å². The van der Waals surface area contributed by atoms with E-state index in [1.165, 1.54) is 11.3 Å². The predicted molar refractivity (Wildman–Crippen MR) is 109 cm³/mol. The summed E-state index contributed by atoms with van der Waals surface area (Å²) in [5.41, 5.74) is 2.84. The zero-order valence-electron chi connectivity index (χ0n) is 16.4. The second kappa shape index (κ2) is 6.40. The van der Waals surface area contributed by atoms with Crippen LogP contribution in [0, 0.1) is 6.92 Å². The lowest BCUT2D eigenvalue weighted by molar-refractivity contribution is 0.366. The molecule has 7 nitrogen and oxygen atoms in total. The lowest BCUT2D eigenvalue weighted by atomic mass is 10.1. The molecule has 0 saturated carbocycles. The molecule has 3 aromatic rings. The zero-order valence-corrected chi connectivity index (χ0v) is 16.4. The van der Waals surface area contributed by atoms with E-state index in [9.17, 15) is 4.79 Å². The number of fused-ring (bicyclic) bond motifs is 1. The third kappa shape index (κ3) is 3.18. The summed E-state index contributed by atoms with van der Waals surface area (Å²) < 4.78 is 1.82. The number of hydrogen-bond acceptors (Lipinski definition) is 5. The van der Waals surface area contributed by atoms with E-state index >= 15 is 0 Å². The minimum atomic E-state index is -0.233. The van der Waals surface area contributed by atoms with E-state index in [-0.39, 0.29) is 11.1 Å². The van der Waals surface area contributed by atoms with Gasteiger partial charge in [-0.25, -0.2) is 4.68 Å². The summed E-state index contributed by atoms with van der Waals surface area (Å²) in [5, 5.41) is 4.92. The van der Waals surface area contributed by atoms with Crippen LogP contribution in [0.5, 0.6) is 0 Å². The van der Waals surface area contributed by atoms with Gasteiger partial charge < -0.3 is 9.80 Å². The summed E-state index contributed by atoms with van der Waals surface area (Å²) in [6, 6.07) is 8.45. The van der Waals surface area contributed by atoms with Crippen LogP contribution in [0.4, 0.5) is 11.6 Å². The quantitative estimate of drug-likeness (QED) is 0.755. The third-order valence-electron chi connectivity index (χ3n) is 5.10. The van der Waals surface area contributed by atoms with Gasteiger partial charge in [-0.1, -0.05) is 18.2 Å². The van der Waals surface area contributed by atoms with Gasteiger partial charge in [0, 0.05) is 31.9 Å². The number of aryl methyl sites for hydroxylation is 1. The second-order valence-electron chi connectivity index (χ2n) is 8.11. The molecule has 0 spiro atoms. The minimum Gasteiger partial charge on any atom is -0.368 e. The average molecular weight is 366 g/mol. The molecule has 0 aliphatic carbocycles. The number of aromatic nitrogens is 4. The van der Waals surface area contributed by atoms with Crippen molar-refractivity contribution in [3.05, 3.63) is 46.4 Å². The van der Waals surface area contributed by atoms with E-state index in [4.69, 9.17) is 4.98 Å². The average Bonchev–Trinajstić information content (AvgIpc) is 3.07. The lowest BCUT2D eigenvalue weighted by Crippen LogP contribution is -2.47. The Labute approximate surface area is 158 Å². The van der Waals surface area contributed by atoms with E-state index in [0.29, 0.717) is 17.0 Å². The molecule has 7 heteroatoms. The van der Waals surface area contributed by atoms with E-state index in [0.717, 1.165) is 26.2 Å². The first-order valence-corrected chi connectivity index (χ1v) is 9.38. The molecule has 0 unspecified atom stereocenters. The van der Waals surface area contributed by atoms with Crippen molar-refractivity contribution in [2.45, 2.75) is 33.2 Å². The first-order valence-electron chi connectivity index (χ1n) is 9.38. The number of para-hydroxylation sites is 1. The molecule has 0 radical (unpaired) electrons. The molecular formula is C20H26N6O. The van der Waals surface area contributed by atoms with Gasteiger partial charge in [0.2, 0.25) is 5.95 Å². The number of nitrogens with zero attached hydrogens (tertiary/aromatic N) is 5. The molecular weight excluding hydrogens is 340 g/mol. The zero-order chi connectivity index (χ0) is 19.2. The summed E-state index contributed by atoms with van der Waals surface area (Å²) in [4.78, 5) is 24.8. The maximum Gasteiger partial charge on any atom is 0.263 e. The topological polar surface area (TPSA) is 70.1 Å². The van der Waals surface area contributed by atoms with Gasteiger partial charge in [0.1, 0.15) is 5.39 Å². The monoisotopic (exact) mass is 366 g/mol. The first kappa shape index (κ1) is 17.6. The molecule has 1 N–H and O–H groups in total. The highest BCUT2D eigenvalue weighted by molar-refractivity contribution is 5.74.